The molecule has 1 aromatic heterocycles. The fraction of sp³-hybridized carbons (Fsp3) is 0.111. The summed E-state index contributed by atoms with van der Waals surface area (Å²) in [7, 11) is 1.69. The second-order valence-corrected chi connectivity index (χ2v) is 6.48. The van der Waals surface area contributed by atoms with Crippen molar-refractivity contribution in [2.75, 3.05) is 0 Å². The minimum absolute atomic E-state index is 0.211. The van der Waals surface area contributed by atoms with Crippen LogP contribution in [0.5, 0.6) is 0 Å². The predicted octanol–water partition coefficient (Wildman–Crippen LogP) is 3.14. The van der Waals surface area contributed by atoms with Gasteiger partial charge in [0, 0.05) is 26.1 Å². The highest BCUT2D eigenvalue weighted by atomic mass is 35.7. The van der Waals surface area contributed by atoms with Gasteiger partial charge in [-0.3, -0.25) is 0 Å². The average Bonchev–Trinajstić information content (AvgIpc) is 2.45. The van der Waals surface area contributed by atoms with E-state index in [-0.39, 0.29) is 4.90 Å². The number of benzene rings is 1. The van der Waals surface area contributed by atoms with Crippen LogP contribution in [0.1, 0.15) is 5.56 Å². The van der Waals surface area contributed by atoms with Gasteiger partial charge in [0.25, 0.3) is 9.05 Å². The maximum Gasteiger partial charge on any atom is 0.262 e. The molecule has 0 unspecified atom stereocenters. The predicted molar refractivity (Wildman–Crippen MR) is 59.6 cm³/mol. The average molecular weight is 247 g/mol. The highest BCUT2D eigenvalue weighted by molar-refractivity contribution is 8.14. The van der Waals surface area contributed by atoms with Gasteiger partial charge in [-0.15, -0.1) is 11.3 Å². The van der Waals surface area contributed by atoms with Gasteiger partial charge in [-0.25, -0.2) is 8.42 Å². The van der Waals surface area contributed by atoms with Crippen LogP contribution in [0.2, 0.25) is 0 Å². The molecule has 0 amide bonds. The molecule has 0 bridgehead atoms. The van der Waals surface area contributed by atoms with Crippen LogP contribution in [0.15, 0.2) is 28.5 Å². The third kappa shape index (κ3) is 1.65. The number of hydrogen-bond acceptors (Lipinski definition) is 3. The maximum atomic E-state index is 11.2. The maximum absolute atomic E-state index is 11.2. The van der Waals surface area contributed by atoms with Crippen molar-refractivity contribution in [3.63, 3.8) is 0 Å². The third-order valence-corrected chi connectivity index (χ3v) is 4.43. The standard InChI is InChI=1S/C9H7ClO2S2/c1-6-2-3-8-7(4-6)9(5-13-8)14(10,11)12/h2-5H,1H3. The molecule has 74 valence electrons. The molecule has 1 aromatic carbocycles. The van der Waals surface area contributed by atoms with Gasteiger partial charge in [-0.2, -0.15) is 0 Å². The molecule has 0 aliphatic rings. The number of rotatable bonds is 1. The first-order valence-electron chi connectivity index (χ1n) is 3.91. The molecule has 14 heavy (non-hydrogen) atoms. The van der Waals surface area contributed by atoms with Gasteiger partial charge in [-0.05, 0) is 19.1 Å². The van der Waals surface area contributed by atoms with Gasteiger partial charge in [-0.1, -0.05) is 11.6 Å². The number of thiophene rings is 1. The van der Waals surface area contributed by atoms with Crippen molar-refractivity contribution < 1.29 is 8.42 Å². The molecular formula is C9H7ClO2S2. The molecule has 0 spiro atoms. The van der Waals surface area contributed by atoms with Crippen LogP contribution in [0.25, 0.3) is 10.1 Å². The number of fused-ring (bicyclic) bond motifs is 1. The SMILES string of the molecule is Cc1ccc2scc(S(=O)(=O)Cl)c2c1. The van der Waals surface area contributed by atoms with E-state index in [0.717, 1.165) is 10.3 Å². The molecule has 0 N–H and O–H groups in total. The third-order valence-electron chi connectivity index (χ3n) is 1.96. The molecule has 2 nitrogen and oxygen atoms in total. The van der Waals surface area contributed by atoms with E-state index in [9.17, 15) is 8.42 Å². The molecule has 0 fully saturated rings. The summed E-state index contributed by atoms with van der Waals surface area (Å²) >= 11 is 1.39. The van der Waals surface area contributed by atoms with Crippen LogP contribution in [-0.2, 0) is 9.05 Å². The first-order chi connectivity index (χ1) is 6.48. The Hall–Kier alpha value is -0.580. The summed E-state index contributed by atoms with van der Waals surface area (Å²) in [5.74, 6) is 0. The van der Waals surface area contributed by atoms with Gasteiger partial charge in [0.2, 0.25) is 0 Å². The lowest BCUT2D eigenvalue weighted by Crippen LogP contribution is -1.87. The first-order valence-corrected chi connectivity index (χ1v) is 7.10. The molecule has 2 rings (SSSR count). The summed E-state index contributed by atoms with van der Waals surface area (Å²) in [6.07, 6.45) is 0. The lowest BCUT2D eigenvalue weighted by Gasteiger charge is -1.95. The second kappa shape index (κ2) is 3.22. The van der Waals surface area contributed by atoms with Gasteiger partial charge in [0.05, 0.1) is 0 Å². The number of halogens is 1. The Balaban J connectivity index is 2.87. The van der Waals surface area contributed by atoms with Crippen molar-refractivity contribution >= 4 is 41.2 Å². The second-order valence-electron chi connectivity index (χ2n) is 3.04. The van der Waals surface area contributed by atoms with E-state index in [4.69, 9.17) is 10.7 Å². The molecule has 0 aliphatic heterocycles. The zero-order valence-corrected chi connectivity index (χ0v) is 9.71. The topological polar surface area (TPSA) is 34.1 Å². The number of aryl methyl sites for hydroxylation is 1. The Kier molecular flexibility index (Phi) is 2.29. The minimum Gasteiger partial charge on any atom is -0.207 e. The zero-order valence-electron chi connectivity index (χ0n) is 7.32. The van der Waals surface area contributed by atoms with E-state index in [1.165, 1.54) is 11.3 Å². The molecule has 0 saturated heterocycles. The van der Waals surface area contributed by atoms with Gasteiger partial charge < -0.3 is 0 Å². The first kappa shape index (κ1) is 9.96. The smallest absolute Gasteiger partial charge is 0.207 e. The quantitative estimate of drug-likeness (QED) is 0.725. The highest BCUT2D eigenvalue weighted by Crippen LogP contribution is 2.31. The Bertz CT molecular complexity index is 584. The van der Waals surface area contributed by atoms with Crippen molar-refractivity contribution in [1.29, 1.82) is 0 Å². The van der Waals surface area contributed by atoms with Crippen molar-refractivity contribution in [1.82, 2.24) is 0 Å². The van der Waals surface area contributed by atoms with Crippen LogP contribution in [0.3, 0.4) is 0 Å². The van der Waals surface area contributed by atoms with E-state index >= 15 is 0 Å². The molecule has 0 aliphatic carbocycles. The summed E-state index contributed by atoms with van der Waals surface area (Å²) in [5, 5.41) is 2.29. The van der Waals surface area contributed by atoms with Gasteiger partial charge >= 0.3 is 0 Å². The molecule has 1 heterocycles. The Morgan fingerprint density at radius 3 is 2.71 bits per heavy atom. The van der Waals surface area contributed by atoms with Crippen molar-refractivity contribution in [2.45, 2.75) is 11.8 Å². The fourth-order valence-electron chi connectivity index (χ4n) is 1.31. The Labute approximate surface area is 90.6 Å². The van der Waals surface area contributed by atoms with E-state index in [1.807, 2.05) is 25.1 Å². The minimum atomic E-state index is -3.62. The van der Waals surface area contributed by atoms with Crippen molar-refractivity contribution in [3.05, 3.63) is 29.1 Å². The zero-order chi connectivity index (χ0) is 10.3. The summed E-state index contributed by atoms with van der Waals surface area (Å²) in [4.78, 5) is 0.211. The van der Waals surface area contributed by atoms with E-state index in [2.05, 4.69) is 0 Å². The van der Waals surface area contributed by atoms with Crippen LogP contribution in [0.4, 0.5) is 0 Å². The van der Waals surface area contributed by atoms with E-state index < -0.39 is 9.05 Å². The van der Waals surface area contributed by atoms with Gasteiger partial charge in [0.15, 0.2) is 0 Å². The molecule has 0 radical (unpaired) electrons. The lowest BCUT2D eigenvalue weighted by atomic mass is 10.2. The van der Waals surface area contributed by atoms with Gasteiger partial charge in [0.1, 0.15) is 4.90 Å². The highest BCUT2D eigenvalue weighted by Gasteiger charge is 2.15. The molecule has 5 heteroatoms. The Morgan fingerprint density at radius 1 is 1.36 bits per heavy atom. The molecule has 2 aromatic rings. The summed E-state index contributed by atoms with van der Waals surface area (Å²) in [6.45, 7) is 1.92. The van der Waals surface area contributed by atoms with E-state index in [0.29, 0.717) is 5.39 Å². The van der Waals surface area contributed by atoms with Crippen molar-refractivity contribution in [2.24, 2.45) is 0 Å². The van der Waals surface area contributed by atoms with Crippen LogP contribution in [0, 0.1) is 6.92 Å². The van der Waals surface area contributed by atoms with Crippen LogP contribution < -0.4 is 0 Å². The van der Waals surface area contributed by atoms with Crippen LogP contribution in [-0.4, -0.2) is 8.42 Å². The molecular weight excluding hydrogens is 240 g/mol. The number of hydrogen-bond donors (Lipinski definition) is 0. The summed E-state index contributed by atoms with van der Waals surface area (Å²) in [5.41, 5.74) is 1.03. The summed E-state index contributed by atoms with van der Waals surface area (Å²) in [6, 6.07) is 5.69. The molecule has 0 saturated carbocycles. The lowest BCUT2D eigenvalue weighted by molar-refractivity contribution is 0.610. The van der Waals surface area contributed by atoms with Crippen LogP contribution >= 0.6 is 22.0 Å². The normalized spacial score (nSPS) is 12.1. The summed E-state index contributed by atoms with van der Waals surface area (Å²) < 4.78 is 23.3. The monoisotopic (exact) mass is 246 g/mol. The van der Waals surface area contributed by atoms with E-state index in [1.54, 1.807) is 5.38 Å². The largest absolute Gasteiger partial charge is 0.262 e. The van der Waals surface area contributed by atoms with Crippen molar-refractivity contribution in [3.8, 4) is 0 Å². The molecule has 0 atom stereocenters. The fourth-order valence-corrected chi connectivity index (χ4v) is 3.79. The Morgan fingerprint density at radius 2 is 2.07 bits per heavy atom.